The largest absolute Gasteiger partial charge is 0.379 e. The van der Waals surface area contributed by atoms with E-state index in [1.807, 2.05) is 0 Å². The maximum Gasteiger partial charge on any atom is 0.224 e. The number of rotatable bonds is 2. The standard InChI is InChI=1S/C8H9ClFN3O/c9-8-11-3-6(10)7(13-8)12-5-1-2-14-4-5/h3,5H,1-2,4H2,(H,11,12,13). The van der Waals surface area contributed by atoms with Crippen LogP contribution in [-0.2, 0) is 4.74 Å². The predicted octanol–water partition coefficient (Wildman–Crippen LogP) is 1.47. The van der Waals surface area contributed by atoms with Gasteiger partial charge in [-0.05, 0) is 18.0 Å². The maximum absolute atomic E-state index is 13.1. The number of anilines is 1. The Morgan fingerprint density at radius 2 is 2.50 bits per heavy atom. The molecule has 4 nitrogen and oxygen atoms in total. The van der Waals surface area contributed by atoms with Gasteiger partial charge in [-0.15, -0.1) is 0 Å². The van der Waals surface area contributed by atoms with Crippen LogP contribution in [0.25, 0.3) is 0 Å². The first kappa shape index (κ1) is 9.61. The van der Waals surface area contributed by atoms with E-state index in [2.05, 4.69) is 15.3 Å². The zero-order valence-corrected chi connectivity index (χ0v) is 8.09. The van der Waals surface area contributed by atoms with Crippen molar-refractivity contribution in [2.75, 3.05) is 18.5 Å². The summed E-state index contributed by atoms with van der Waals surface area (Å²) in [5.41, 5.74) is 0. The Kier molecular flexibility index (Phi) is 2.79. The normalized spacial score (nSPS) is 21.1. The van der Waals surface area contributed by atoms with E-state index in [4.69, 9.17) is 16.3 Å². The minimum atomic E-state index is -0.499. The van der Waals surface area contributed by atoms with Gasteiger partial charge in [0.15, 0.2) is 11.6 Å². The molecule has 14 heavy (non-hydrogen) atoms. The molecule has 1 N–H and O–H groups in total. The first-order chi connectivity index (χ1) is 6.75. The second-order valence-corrected chi connectivity index (χ2v) is 3.38. The Morgan fingerprint density at radius 1 is 1.64 bits per heavy atom. The predicted molar refractivity (Wildman–Crippen MR) is 49.8 cm³/mol. The van der Waals surface area contributed by atoms with Crippen LogP contribution in [0.4, 0.5) is 10.2 Å². The lowest BCUT2D eigenvalue weighted by molar-refractivity contribution is 0.195. The van der Waals surface area contributed by atoms with Crippen molar-refractivity contribution in [1.29, 1.82) is 0 Å². The molecular weight excluding hydrogens is 209 g/mol. The van der Waals surface area contributed by atoms with Crippen molar-refractivity contribution in [2.45, 2.75) is 12.5 Å². The Morgan fingerprint density at radius 3 is 3.21 bits per heavy atom. The van der Waals surface area contributed by atoms with Crippen LogP contribution in [0.1, 0.15) is 6.42 Å². The second-order valence-electron chi connectivity index (χ2n) is 3.04. The average molecular weight is 218 g/mol. The van der Waals surface area contributed by atoms with Crippen molar-refractivity contribution in [2.24, 2.45) is 0 Å². The third kappa shape index (κ3) is 2.10. The molecule has 0 aromatic carbocycles. The summed E-state index contributed by atoms with van der Waals surface area (Å²) in [6, 6.07) is 0.107. The first-order valence-electron chi connectivity index (χ1n) is 4.28. The topological polar surface area (TPSA) is 47.0 Å². The molecule has 1 saturated heterocycles. The lowest BCUT2D eigenvalue weighted by Crippen LogP contribution is -2.20. The van der Waals surface area contributed by atoms with E-state index in [0.29, 0.717) is 13.2 Å². The minimum Gasteiger partial charge on any atom is -0.379 e. The molecule has 2 heterocycles. The number of ether oxygens (including phenoxy) is 1. The lowest BCUT2D eigenvalue weighted by Gasteiger charge is -2.11. The molecule has 0 radical (unpaired) electrons. The van der Waals surface area contributed by atoms with Gasteiger partial charge in [-0.3, -0.25) is 0 Å². The summed E-state index contributed by atoms with van der Waals surface area (Å²) in [6.07, 6.45) is 1.90. The quantitative estimate of drug-likeness (QED) is 0.763. The first-order valence-corrected chi connectivity index (χ1v) is 4.66. The van der Waals surface area contributed by atoms with Crippen LogP contribution in [0.15, 0.2) is 6.20 Å². The molecule has 6 heteroatoms. The number of halogens is 2. The fourth-order valence-corrected chi connectivity index (χ4v) is 1.42. The van der Waals surface area contributed by atoms with E-state index in [1.54, 1.807) is 0 Å². The fraction of sp³-hybridized carbons (Fsp3) is 0.500. The van der Waals surface area contributed by atoms with Gasteiger partial charge in [-0.2, -0.15) is 4.98 Å². The molecule has 1 aliphatic rings. The van der Waals surface area contributed by atoms with Gasteiger partial charge in [-0.25, -0.2) is 9.37 Å². The highest BCUT2D eigenvalue weighted by atomic mass is 35.5. The van der Waals surface area contributed by atoms with Crippen molar-refractivity contribution in [3.05, 3.63) is 17.3 Å². The third-order valence-electron chi connectivity index (χ3n) is 1.99. The molecule has 1 aromatic heterocycles. The van der Waals surface area contributed by atoms with E-state index in [0.717, 1.165) is 12.6 Å². The van der Waals surface area contributed by atoms with E-state index in [9.17, 15) is 4.39 Å². The summed E-state index contributed by atoms with van der Waals surface area (Å²) < 4.78 is 18.3. The number of nitrogens with zero attached hydrogens (tertiary/aromatic N) is 2. The van der Waals surface area contributed by atoms with E-state index in [1.165, 1.54) is 0 Å². The van der Waals surface area contributed by atoms with Gasteiger partial charge in [0.05, 0.1) is 18.8 Å². The zero-order valence-electron chi connectivity index (χ0n) is 7.33. The highest BCUT2D eigenvalue weighted by molar-refractivity contribution is 6.28. The molecule has 1 aromatic rings. The molecular formula is C8H9ClFN3O. The molecule has 1 unspecified atom stereocenters. The molecule has 1 fully saturated rings. The molecule has 0 aliphatic carbocycles. The highest BCUT2D eigenvalue weighted by Crippen LogP contribution is 2.16. The van der Waals surface area contributed by atoms with Gasteiger partial charge < -0.3 is 10.1 Å². The lowest BCUT2D eigenvalue weighted by atomic mass is 10.2. The van der Waals surface area contributed by atoms with Crippen molar-refractivity contribution in [1.82, 2.24) is 9.97 Å². The molecule has 0 spiro atoms. The van der Waals surface area contributed by atoms with Crippen molar-refractivity contribution < 1.29 is 9.13 Å². The Bertz CT molecular complexity index is 330. The third-order valence-corrected chi connectivity index (χ3v) is 2.17. The number of hydrogen-bond donors (Lipinski definition) is 1. The van der Waals surface area contributed by atoms with E-state index in [-0.39, 0.29) is 17.1 Å². The molecule has 0 saturated carbocycles. The van der Waals surface area contributed by atoms with Crippen LogP contribution < -0.4 is 5.32 Å². The van der Waals surface area contributed by atoms with Crippen LogP contribution in [0.3, 0.4) is 0 Å². The summed E-state index contributed by atoms with van der Waals surface area (Å²) in [5, 5.41) is 2.95. The van der Waals surface area contributed by atoms with Crippen LogP contribution in [0.5, 0.6) is 0 Å². The Labute approximate surface area is 85.5 Å². The van der Waals surface area contributed by atoms with Gasteiger partial charge in [0.2, 0.25) is 5.28 Å². The van der Waals surface area contributed by atoms with Crippen molar-refractivity contribution in [3.8, 4) is 0 Å². The highest BCUT2D eigenvalue weighted by Gasteiger charge is 2.17. The monoisotopic (exact) mass is 217 g/mol. The van der Waals surface area contributed by atoms with Crippen LogP contribution in [-0.4, -0.2) is 29.2 Å². The number of aromatic nitrogens is 2. The minimum absolute atomic E-state index is 0.0350. The molecule has 2 rings (SSSR count). The summed E-state index contributed by atoms with van der Waals surface area (Å²) in [4.78, 5) is 7.27. The summed E-state index contributed by atoms with van der Waals surface area (Å²) in [7, 11) is 0. The SMILES string of the molecule is Fc1cnc(Cl)nc1NC1CCOC1. The van der Waals surface area contributed by atoms with Gasteiger partial charge >= 0.3 is 0 Å². The molecule has 1 aliphatic heterocycles. The Balaban J connectivity index is 2.10. The molecule has 0 bridgehead atoms. The summed E-state index contributed by atoms with van der Waals surface area (Å²) >= 11 is 5.54. The maximum atomic E-state index is 13.1. The Hall–Kier alpha value is -0.940. The number of hydrogen-bond acceptors (Lipinski definition) is 4. The van der Waals surface area contributed by atoms with Crippen LogP contribution in [0, 0.1) is 5.82 Å². The fourth-order valence-electron chi connectivity index (χ4n) is 1.29. The van der Waals surface area contributed by atoms with Crippen LogP contribution in [0.2, 0.25) is 5.28 Å². The van der Waals surface area contributed by atoms with Crippen molar-refractivity contribution >= 4 is 17.4 Å². The van der Waals surface area contributed by atoms with Gasteiger partial charge in [0, 0.05) is 6.61 Å². The molecule has 76 valence electrons. The van der Waals surface area contributed by atoms with Gasteiger partial charge in [-0.1, -0.05) is 0 Å². The summed E-state index contributed by atoms with van der Waals surface area (Å²) in [5.74, 6) is -0.359. The van der Waals surface area contributed by atoms with E-state index < -0.39 is 5.82 Å². The van der Waals surface area contributed by atoms with Gasteiger partial charge in [0.1, 0.15) is 0 Å². The van der Waals surface area contributed by atoms with E-state index >= 15 is 0 Å². The molecule has 0 amide bonds. The molecule has 1 atom stereocenters. The summed E-state index contributed by atoms with van der Waals surface area (Å²) in [6.45, 7) is 1.26. The van der Waals surface area contributed by atoms with Crippen molar-refractivity contribution in [3.63, 3.8) is 0 Å². The zero-order chi connectivity index (χ0) is 9.97. The smallest absolute Gasteiger partial charge is 0.224 e. The number of nitrogens with one attached hydrogen (secondary N) is 1. The van der Waals surface area contributed by atoms with Gasteiger partial charge in [0.25, 0.3) is 0 Å². The second kappa shape index (κ2) is 4.06. The average Bonchev–Trinajstić information content (AvgIpc) is 2.64. The van der Waals surface area contributed by atoms with Crippen LogP contribution >= 0.6 is 11.6 Å².